The first-order valence-corrected chi connectivity index (χ1v) is 10.7. The molecule has 0 spiro atoms. The fourth-order valence-electron chi connectivity index (χ4n) is 2.73. The molecular formula is C23H30N4O9. The second kappa shape index (κ2) is 18.0. The van der Waals surface area contributed by atoms with Crippen LogP contribution in [0.15, 0.2) is 30.3 Å². The normalized spacial score (nSPS) is 11.7. The van der Waals surface area contributed by atoms with E-state index in [1.807, 2.05) is 0 Å². The monoisotopic (exact) mass is 506 g/mol. The molecule has 13 nitrogen and oxygen atoms in total. The maximum atomic E-state index is 12.5. The number of aliphatic hydroxyl groups excluding tert-OH is 1. The van der Waals surface area contributed by atoms with Crippen molar-refractivity contribution in [3.05, 3.63) is 41.5 Å². The molecule has 13 heteroatoms. The number of aliphatic hydroxyl groups is 1. The lowest BCUT2D eigenvalue weighted by molar-refractivity contribution is -0.137. The Morgan fingerprint density at radius 1 is 0.972 bits per heavy atom. The van der Waals surface area contributed by atoms with Crippen LogP contribution in [0.1, 0.15) is 41.6 Å². The molecule has 36 heavy (non-hydrogen) atoms. The summed E-state index contributed by atoms with van der Waals surface area (Å²) in [5.74, 6) is -4.22. The fraction of sp³-hybridized carbons (Fsp3) is 0.348. The van der Waals surface area contributed by atoms with Gasteiger partial charge in [-0.25, -0.2) is 0 Å². The third-order valence-electron chi connectivity index (χ3n) is 4.48. The molecule has 0 aliphatic heterocycles. The van der Waals surface area contributed by atoms with Gasteiger partial charge in [0.1, 0.15) is 24.7 Å². The molecule has 196 valence electrons. The first kappa shape index (κ1) is 31.6. The lowest BCUT2D eigenvalue weighted by Crippen LogP contribution is -2.51. The number of hydrogen-bond donors (Lipinski definition) is 6. The molecule has 0 aliphatic rings. The van der Waals surface area contributed by atoms with E-state index < -0.39 is 54.6 Å². The molecule has 7 N–H and O–H groups in total. The molecule has 1 aromatic carbocycles. The quantitative estimate of drug-likeness (QED) is 0.121. The number of carbonyl (C=O) groups excluding carboxylic acids is 6. The second-order valence-corrected chi connectivity index (χ2v) is 7.06. The number of allylic oxidation sites excluding steroid dienone is 1. The van der Waals surface area contributed by atoms with Crippen molar-refractivity contribution in [3.8, 4) is 0 Å². The third kappa shape index (κ3) is 12.7. The Morgan fingerprint density at radius 2 is 1.61 bits per heavy atom. The minimum Gasteiger partial charge on any atom is -0.481 e. The van der Waals surface area contributed by atoms with Gasteiger partial charge in [0.25, 0.3) is 5.91 Å². The molecule has 0 saturated heterocycles. The summed E-state index contributed by atoms with van der Waals surface area (Å²) in [5.41, 5.74) is 6.05. The summed E-state index contributed by atoms with van der Waals surface area (Å²) in [4.78, 5) is 80.2. The van der Waals surface area contributed by atoms with Crippen LogP contribution in [0.25, 0.3) is 6.08 Å². The van der Waals surface area contributed by atoms with E-state index in [1.165, 1.54) is 18.2 Å². The van der Waals surface area contributed by atoms with Gasteiger partial charge >= 0.3 is 5.97 Å². The number of carboxylic acid groups (broad SMARTS) is 1. The van der Waals surface area contributed by atoms with Crippen molar-refractivity contribution in [1.29, 1.82) is 0 Å². The predicted octanol–water partition coefficient (Wildman–Crippen LogP) is -1.46. The first-order chi connectivity index (χ1) is 17.2. The van der Waals surface area contributed by atoms with Crippen LogP contribution in [0.2, 0.25) is 0 Å². The van der Waals surface area contributed by atoms with Crippen molar-refractivity contribution >= 4 is 48.2 Å². The molecular weight excluding hydrogens is 476 g/mol. The highest BCUT2D eigenvalue weighted by molar-refractivity contribution is 5.98. The molecule has 0 bridgehead atoms. The average molecular weight is 507 g/mol. The summed E-state index contributed by atoms with van der Waals surface area (Å²) in [6.45, 7) is -0.569. The number of carboxylic acids is 1. The molecule has 1 rings (SSSR count). The summed E-state index contributed by atoms with van der Waals surface area (Å²) in [6.07, 6.45) is 3.37. The van der Waals surface area contributed by atoms with Gasteiger partial charge in [0.15, 0.2) is 0 Å². The van der Waals surface area contributed by atoms with Crippen molar-refractivity contribution in [2.24, 2.45) is 5.73 Å². The number of hydrogen-bond acceptors (Lipinski definition) is 8. The molecule has 4 amide bonds. The minimum atomic E-state index is -1.23. The fourth-order valence-corrected chi connectivity index (χ4v) is 2.73. The van der Waals surface area contributed by atoms with Gasteiger partial charge < -0.3 is 36.7 Å². The smallest absolute Gasteiger partial charge is 0.303 e. The number of carbonyl (C=O) groups is 7. The van der Waals surface area contributed by atoms with E-state index in [1.54, 1.807) is 18.2 Å². The van der Waals surface area contributed by atoms with Gasteiger partial charge in [-0.15, -0.1) is 0 Å². The standard InChI is InChI=1S/C22H26N4O8.CH4O/c23-20(32)16(9-10-19(30)31)25-18(29)13-24-22(34)17(4-2-12-28)26-21(33)15-7-5-14(6-8-15)3-1-11-27;1-2/h1,3,5-8,11-12,16-17H,2,4,9-10,13H2,(H2,23,32)(H,24,34)(H,25,29)(H,26,33)(H,30,31);2H,1H3/b3-1+;. The Kier molecular flexibility index (Phi) is 15.8. The highest BCUT2D eigenvalue weighted by Crippen LogP contribution is 2.07. The van der Waals surface area contributed by atoms with E-state index in [9.17, 15) is 33.6 Å². The van der Waals surface area contributed by atoms with Gasteiger partial charge in [-0.3, -0.25) is 28.8 Å². The summed E-state index contributed by atoms with van der Waals surface area (Å²) in [5, 5.41) is 22.7. The molecule has 0 aliphatic carbocycles. The van der Waals surface area contributed by atoms with E-state index in [4.69, 9.17) is 15.9 Å². The number of aliphatic carboxylic acids is 1. The Balaban J connectivity index is 0.00000596. The maximum Gasteiger partial charge on any atom is 0.303 e. The first-order valence-electron chi connectivity index (χ1n) is 10.7. The van der Waals surface area contributed by atoms with Crippen LogP contribution in [0, 0.1) is 0 Å². The van der Waals surface area contributed by atoms with Crippen LogP contribution in [-0.4, -0.2) is 78.1 Å². The van der Waals surface area contributed by atoms with Gasteiger partial charge in [-0.05, 0) is 36.6 Å². The third-order valence-corrected chi connectivity index (χ3v) is 4.48. The molecule has 0 aromatic heterocycles. The van der Waals surface area contributed by atoms with Crippen LogP contribution in [-0.2, 0) is 28.8 Å². The van der Waals surface area contributed by atoms with Crippen LogP contribution >= 0.6 is 0 Å². The van der Waals surface area contributed by atoms with Crippen LogP contribution in [0.4, 0.5) is 0 Å². The number of nitrogens with two attached hydrogens (primary N) is 1. The summed E-state index contributed by atoms with van der Waals surface area (Å²) in [6, 6.07) is 3.82. The Bertz CT molecular complexity index is 945. The van der Waals surface area contributed by atoms with Gasteiger partial charge in [0.05, 0.1) is 6.54 Å². The molecule has 2 unspecified atom stereocenters. The van der Waals surface area contributed by atoms with Crippen LogP contribution in [0.5, 0.6) is 0 Å². The number of primary amides is 1. The lowest BCUT2D eigenvalue weighted by atomic mass is 10.1. The van der Waals surface area contributed by atoms with E-state index in [-0.39, 0.29) is 24.8 Å². The SMILES string of the molecule is CO.NC(=O)C(CCC(=O)O)NC(=O)CNC(=O)C(CCC=O)NC(=O)c1ccc(/C=C/C=O)cc1. The largest absolute Gasteiger partial charge is 0.481 e. The van der Waals surface area contributed by atoms with Gasteiger partial charge in [0, 0.05) is 25.5 Å². The number of rotatable bonds is 15. The van der Waals surface area contributed by atoms with Crippen LogP contribution < -0.4 is 21.7 Å². The highest BCUT2D eigenvalue weighted by atomic mass is 16.4. The van der Waals surface area contributed by atoms with E-state index in [0.29, 0.717) is 18.1 Å². The molecule has 0 heterocycles. The zero-order chi connectivity index (χ0) is 27.5. The number of benzene rings is 1. The number of amides is 4. The summed E-state index contributed by atoms with van der Waals surface area (Å²) >= 11 is 0. The van der Waals surface area contributed by atoms with Crippen molar-refractivity contribution in [2.45, 2.75) is 37.8 Å². The Morgan fingerprint density at radius 3 is 2.14 bits per heavy atom. The van der Waals surface area contributed by atoms with E-state index in [2.05, 4.69) is 16.0 Å². The van der Waals surface area contributed by atoms with Crippen molar-refractivity contribution in [3.63, 3.8) is 0 Å². The zero-order valence-corrected chi connectivity index (χ0v) is 19.6. The topological polar surface area (TPSA) is 222 Å². The van der Waals surface area contributed by atoms with Crippen molar-refractivity contribution < 1.29 is 43.8 Å². The van der Waals surface area contributed by atoms with E-state index in [0.717, 1.165) is 7.11 Å². The van der Waals surface area contributed by atoms with Crippen LogP contribution in [0.3, 0.4) is 0 Å². The van der Waals surface area contributed by atoms with Crippen molar-refractivity contribution in [1.82, 2.24) is 16.0 Å². The summed E-state index contributed by atoms with van der Waals surface area (Å²) in [7, 11) is 1.00. The number of aldehydes is 2. The predicted molar refractivity (Wildman–Crippen MR) is 127 cm³/mol. The Hall–Kier alpha value is -4.39. The average Bonchev–Trinajstić information content (AvgIpc) is 2.87. The molecule has 0 saturated carbocycles. The molecule has 0 fully saturated rings. The van der Waals surface area contributed by atoms with Gasteiger partial charge in [0.2, 0.25) is 17.7 Å². The zero-order valence-electron chi connectivity index (χ0n) is 19.6. The molecule has 0 radical (unpaired) electrons. The Labute approximate surface area is 207 Å². The van der Waals surface area contributed by atoms with E-state index >= 15 is 0 Å². The molecule has 2 atom stereocenters. The maximum absolute atomic E-state index is 12.5. The minimum absolute atomic E-state index is 0.0224. The number of nitrogens with one attached hydrogen (secondary N) is 3. The summed E-state index contributed by atoms with van der Waals surface area (Å²) < 4.78 is 0. The second-order valence-electron chi connectivity index (χ2n) is 7.06. The van der Waals surface area contributed by atoms with Crippen molar-refractivity contribution in [2.75, 3.05) is 13.7 Å². The molecule has 1 aromatic rings. The highest BCUT2D eigenvalue weighted by Gasteiger charge is 2.23. The van der Waals surface area contributed by atoms with Gasteiger partial charge in [-0.1, -0.05) is 18.2 Å². The van der Waals surface area contributed by atoms with Gasteiger partial charge in [-0.2, -0.15) is 0 Å². The lowest BCUT2D eigenvalue weighted by Gasteiger charge is -2.19.